The smallest absolute Gasteiger partial charge is 0.259 e. The van der Waals surface area contributed by atoms with Crippen molar-refractivity contribution >= 4 is 17.3 Å². The fourth-order valence-electron chi connectivity index (χ4n) is 3.97. The highest BCUT2D eigenvalue weighted by Gasteiger charge is 2.19. The number of carbonyl (C=O) groups is 1. The second-order valence-electron chi connectivity index (χ2n) is 7.92. The van der Waals surface area contributed by atoms with Gasteiger partial charge in [0.1, 0.15) is 17.3 Å². The first kappa shape index (κ1) is 22.6. The van der Waals surface area contributed by atoms with E-state index in [1.807, 2.05) is 36.4 Å². The van der Waals surface area contributed by atoms with Crippen molar-refractivity contribution in [3.8, 4) is 11.5 Å². The van der Waals surface area contributed by atoms with Gasteiger partial charge in [-0.05, 0) is 42.5 Å². The SMILES string of the molecule is COc1ccc(C(=O)Nc2ccc(N3CCN(Cc4ccccc4F)CC3)cc2)c(OC)c1. The van der Waals surface area contributed by atoms with E-state index in [1.54, 1.807) is 31.4 Å². The fourth-order valence-corrected chi connectivity index (χ4v) is 3.97. The number of piperazine rings is 1. The van der Waals surface area contributed by atoms with Crippen LogP contribution in [0.3, 0.4) is 0 Å². The second kappa shape index (κ2) is 10.4. The number of benzene rings is 3. The fraction of sp³-hybridized carbons (Fsp3) is 0.269. The summed E-state index contributed by atoms with van der Waals surface area (Å²) in [6.07, 6.45) is 0. The van der Waals surface area contributed by atoms with Crippen LogP contribution in [-0.2, 0) is 6.54 Å². The third kappa shape index (κ3) is 5.43. The Labute approximate surface area is 193 Å². The molecule has 3 aromatic rings. The number of nitrogens with one attached hydrogen (secondary N) is 1. The van der Waals surface area contributed by atoms with E-state index in [4.69, 9.17) is 9.47 Å². The van der Waals surface area contributed by atoms with Crippen LogP contribution >= 0.6 is 0 Å². The molecule has 1 N–H and O–H groups in total. The van der Waals surface area contributed by atoms with Crippen molar-refractivity contribution in [1.82, 2.24) is 4.90 Å². The van der Waals surface area contributed by atoms with Crippen molar-refractivity contribution in [2.24, 2.45) is 0 Å². The normalized spacial score (nSPS) is 14.1. The van der Waals surface area contributed by atoms with Crippen molar-refractivity contribution < 1.29 is 18.7 Å². The van der Waals surface area contributed by atoms with Crippen LogP contribution in [-0.4, -0.2) is 51.2 Å². The topological polar surface area (TPSA) is 54.0 Å². The molecule has 6 nitrogen and oxygen atoms in total. The lowest BCUT2D eigenvalue weighted by Crippen LogP contribution is -2.46. The summed E-state index contributed by atoms with van der Waals surface area (Å²) in [4.78, 5) is 17.3. The highest BCUT2D eigenvalue weighted by Crippen LogP contribution is 2.26. The molecule has 0 spiro atoms. The van der Waals surface area contributed by atoms with Crippen LogP contribution in [0.15, 0.2) is 66.7 Å². The third-order valence-corrected chi connectivity index (χ3v) is 5.87. The standard InChI is InChI=1S/C26H28FN3O3/c1-32-22-11-12-23(25(17-22)33-2)26(31)28-20-7-9-21(10-8-20)30-15-13-29(14-16-30)18-19-5-3-4-6-24(19)27/h3-12,17H,13-16,18H2,1-2H3,(H,28,31). The largest absolute Gasteiger partial charge is 0.497 e. The minimum absolute atomic E-state index is 0.148. The van der Waals surface area contributed by atoms with Crippen molar-refractivity contribution in [2.75, 3.05) is 50.6 Å². The number of carbonyl (C=O) groups excluding carboxylic acids is 1. The maximum atomic E-state index is 13.9. The Hall–Kier alpha value is -3.58. The van der Waals surface area contributed by atoms with Gasteiger partial charge >= 0.3 is 0 Å². The van der Waals surface area contributed by atoms with Gasteiger partial charge in [-0.15, -0.1) is 0 Å². The zero-order valence-corrected chi connectivity index (χ0v) is 18.9. The summed E-state index contributed by atoms with van der Waals surface area (Å²) in [5.74, 6) is 0.687. The maximum Gasteiger partial charge on any atom is 0.259 e. The van der Waals surface area contributed by atoms with Crippen LogP contribution in [0.2, 0.25) is 0 Å². The summed E-state index contributed by atoms with van der Waals surface area (Å²) in [6.45, 7) is 4.08. The number of halogens is 1. The van der Waals surface area contributed by atoms with Crippen LogP contribution in [0.1, 0.15) is 15.9 Å². The molecule has 4 rings (SSSR count). The Morgan fingerprint density at radius 1 is 0.939 bits per heavy atom. The summed E-state index contributed by atoms with van der Waals surface area (Å²) in [7, 11) is 3.09. The molecule has 3 aromatic carbocycles. The molecule has 0 bridgehead atoms. The number of rotatable bonds is 7. The van der Waals surface area contributed by atoms with Gasteiger partial charge in [0.05, 0.1) is 19.8 Å². The zero-order valence-electron chi connectivity index (χ0n) is 18.9. The van der Waals surface area contributed by atoms with Crippen LogP contribution in [0, 0.1) is 5.82 Å². The lowest BCUT2D eigenvalue weighted by atomic mass is 10.1. The summed E-state index contributed by atoms with van der Waals surface area (Å²) in [6, 6.07) is 19.9. The molecule has 1 aliphatic heterocycles. The van der Waals surface area contributed by atoms with Crippen molar-refractivity contribution in [3.63, 3.8) is 0 Å². The number of hydrogen-bond acceptors (Lipinski definition) is 5. The van der Waals surface area contributed by atoms with Crippen LogP contribution < -0.4 is 19.7 Å². The number of anilines is 2. The van der Waals surface area contributed by atoms with Crippen molar-refractivity contribution in [3.05, 3.63) is 83.7 Å². The van der Waals surface area contributed by atoms with Crippen LogP contribution in [0.4, 0.5) is 15.8 Å². The van der Waals surface area contributed by atoms with Gasteiger partial charge in [0, 0.05) is 55.7 Å². The number of hydrogen-bond donors (Lipinski definition) is 1. The van der Waals surface area contributed by atoms with E-state index >= 15 is 0 Å². The molecule has 1 saturated heterocycles. The molecule has 1 amide bonds. The van der Waals surface area contributed by atoms with E-state index in [0.29, 0.717) is 29.3 Å². The molecule has 0 aliphatic carbocycles. The Morgan fingerprint density at radius 3 is 2.33 bits per heavy atom. The van der Waals surface area contributed by atoms with Gasteiger partial charge in [0.25, 0.3) is 5.91 Å². The van der Waals surface area contributed by atoms with Gasteiger partial charge in [-0.2, -0.15) is 0 Å². The van der Waals surface area contributed by atoms with E-state index in [2.05, 4.69) is 15.1 Å². The summed E-state index contributed by atoms with van der Waals surface area (Å²) in [5, 5.41) is 2.92. The molecule has 0 radical (unpaired) electrons. The molecule has 172 valence electrons. The van der Waals surface area contributed by atoms with Gasteiger partial charge < -0.3 is 19.7 Å². The van der Waals surface area contributed by atoms with Crippen molar-refractivity contribution in [1.29, 1.82) is 0 Å². The molecule has 0 saturated carbocycles. The molecule has 1 aliphatic rings. The quantitative estimate of drug-likeness (QED) is 0.579. The molecule has 33 heavy (non-hydrogen) atoms. The lowest BCUT2D eigenvalue weighted by Gasteiger charge is -2.36. The first-order valence-electron chi connectivity index (χ1n) is 10.9. The van der Waals surface area contributed by atoms with E-state index in [1.165, 1.54) is 13.2 Å². The molecule has 0 atom stereocenters. The van der Waals surface area contributed by atoms with Gasteiger partial charge in [0.2, 0.25) is 0 Å². The van der Waals surface area contributed by atoms with Gasteiger partial charge in [-0.1, -0.05) is 18.2 Å². The average Bonchev–Trinajstić information content (AvgIpc) is 2.86. The predicted octanol–water partition coefficient (Wildman–Crippen LogP) is 4.42. The Kier molecular flexibility index (Phi) is 7.10. The summed E-state index contributed by atoms with van der Waals surface area (Å²) in [5.41, 5.74) is 2.98. The first-order chi connectivity index (χ1) is 16.1. The molecule has 1 fully saturated rings. The van der Waals surface area contributed by atoms with Gasteiger partial charge in [-0.3, -0.25) is 9.69 Å². The number of methoxy groups -OCH3 is 2. The Bertz CT molecular complexity index is 1100. The molecule has 7 heteroatoms. The molecule has 0 unspecified atom stereocenters. The first-order valence-corrected chi connectivity index (χ1v) is 10.9. The van der Waals surface area contributed by atoms with Gasteiger partial charge in [-0.25, -0.2) is 4.39 Å². The lowest BCUT2D eigenvalue weighted by molar-refractivity contribution is 0.102. The molecular weight excluding hydrogens is 421 g/mol. The number of amides is 1. The van der Waals surface area contributed by atoms with E-state index in [9.17, 15) is 9.18 Å². The average molecular weight is 450 g/mol. The Morgan fingerprint density at radius 2 is 1.67 bits per heavy atom. The van der Waals surface area contributed by atoms with Crippen LogP contribution in [0.5, 0.6) is 11.5 Å². The molecule has 0 aromatic heterocycles. The number of ether oxygens (including phenoxy) is 2. The van der Waals surface area contributed by atoms with Gasteiger partial charge in [0.15, 0.2) is 0 Å². The summed E-state index contributed by atoms with van der Waals surface area (Å²) < 4.78 is 24.4. The predicted molar refractivity (Wildman–Crippen MR) is 128 cm³/mol. The van der Waals surface area contributed by atoms with Crippen molar-refractivity contribution in [2.45, 2.75) is 6.54 Å². The number of nitrogens with zero attached hydrogens (tertiary/aromatic N) is 2. The monoisotopic (exact) mass is 449 g/mol. The minimum Gasteiger partial charge on any atom is -0.497 e. The zero-order chi connectivity index (χ0) is 23.2. The summed E-state index contributed by atoms with van der Waals surface area (Å²) >= 11 is 0. The maximum absolute atomic E-state index is 13.9. The van der Waals surface area contributed by atoms with E-state index in [0.717, 1.165) is 37.4 Å². The molecule has 1 heterocycles. The minimum atomic E-state index is -0.246. The van der Waals surface area contributed by atoms with Crippen LogP contribution in [0.25, 0.3) is 0 Å². The second-order valence-corrected chi connectivity index (χ2v) is 7.92. The molecular formula is C26H28FN3O3. The van der Waals surface area contributed by atoms with E-state index < -0.39 is 0 Å². The highest BCUT2D eigenvalue weighted by molar-refractivity contribution is 6.06. The third-order valence-electron chi connectivity index (χ3n) is 5.87. The van der Waals surface area contributed by atoms with E-state index in [-0.39, 0.29) is 11.7 Å². The highest BCUT2D eigenvalue weighted by atomic mass is 19.1. The Balaban J connectivity index is 1.33.